The lowest BCUT2D eigenvalue weighted by atomic mass is 10.1. The summed E-state index contributed by atoms with van der Waals surface area (Å²) in [5, 5.41) is 0.378. The summed E-state index contributed by atoms with van der Waals surface area (Å²) in [5.74, 6) is -1.09. The molecule has 0 saturated carbocycles. The number of nitrogens with zero attached hydrogens (tertiary/aromatic N) is 3. The molecular weight excluding hydrogens is 347 g/mol. The lowest BCUT2D eigenvalue weighted by Crippen LogP contribution is -2.12. The Labute approximate surface area is 145 Å². The van der Waals surface area contributed by atoms with Crippen LogP contribution in [0.25, 0.3) is 28.0 Å². The Bertz CT molecular complexity index is 1170. The minimum Gasteiger partial charge on any atom is -0.406 e. The van der Waals surface area contributed by atoms with Gasteiger partial charge in [0.15, 0.2) is 5.58 Å². The van der Waals surface area contributed by atoms with Crippen LogP contribution in [0.4, 0.5) is 10.1 Å². The number of hydrogen-bond acceptors (Lipinski definition) is 5. The second-order valence-electron chi connectivity index (χ2n) is 5.34. The number of anilines is 1. The molecule has 2 N–H and O–H groups in total. The van der Waals surface area contributed by atoms with Crippen LogP contribution in [0, 0.1) is 5.82 Å². The van der Waals surface area contributed by atoms with E-state index in [2.05, 4.69) is 9.97 Å². The standard InChI is InChI=1S/C17H10ClFN4O2/c18-9-1-2-13(19)12(3-9)14-5-15-16(8-22-14)25-17(24)23(15)11-4-10(20)6-21-7-11/h1-8H,20H2. The summed E-state index contributed by atoms with van der Waals surface area (Å²) in [6.07, 6.45) is 4.31. The van der Waals surface area contributed by atoms with Gasteiger partial charge < -0.3 is 10.2 Å². The molecule has 6 nitrogen and oxygen atoms in total. The number of nitrogen functional groups attached to an aromatic ring is 1. The topological polar surface area (TPSA) is 86.9 Å². The third-order valence-corrected chi connectivity index (χ3v) is 3.91. The fourth-order valence-electron chi connectivity index (χ4n) is 2.58. The van der Waals surface area contributed by atoms with E-state index in [0.29, 0.717) is 27.6 Å². The minimum atomic E-state index is -0.618. The van der Waals surface area contributed by atoms with E-state index in [4.69, 9.17) is 21.8 Å². The maximum atomic E-state index is 14.1. The number of halogens is 2. The third kappa shape index (κ3) is 2.64. The van der Waals surface area contributed by atoms with Crippen molar-refractivity contribution in [3.8, 4) is 16.9 Å². The van der Waals surface area contributed by atoms with Gasteiger partial charge in [0.05, 0.1) is 35.0 Å². The Hall–Kier alpha value is -3.19. The highest BCUT2D eigenvalue weighted by atomic mass is 35.5. The Morgan fingerprint density at radius 3 is 2.80 bits per heavy atom. The van der Waals surface area contributed by atoms with Gasteiger partial charge in [-0.05, 0) is 30.3 Å². The Morgan fingerprint density at radius 2 is 2.00 bits per heavy atom. The van der Waals surface area contributed by atoms with Gasteiger partial charge in [-0.3, -0.25) is 9.97 Å². The molecule has 0 saturated heterocycles. The first kappa shape index (κ1) is 15.3. The van der Waals surface area contributed by atoms with Gasteiger partial charge in [0, 0.05) is 16.8 Å². The van der Waals surface area contributed by atoms with Crippen molar-refractivity contribution in [1.82, 2.24) is 14.5 Å². The number of pyridine rings is 2. The smallest absolute Gasteiger partial charge is 0.406 e. The zero-order valence-corrected chi connectivity index (χ0v) is 13.4. The first-order chi connectivity index (χ1) is 12.0. The Kier molecular flexibility index (Phi) is 3.51. The zero-order valence-electron chi connectivity index (χ0n) is 12.6. The van der Waals surface area contributed by atoms with Crippen molar-refractivity contribution in [2.75, 3.05) is 5.73 Å². The molecule has 4 aromatic rings. The average molecular weight is 357 g/mol. The predicted molar refractivity (Wildman–Crippen MR) is 92.2 cm³/mol. The van der Waals surface area contributed by atoms with E-state index in [1.807, 2.05) is 0 Å². The van der Waals surface area contributed by atoms with Crippen LogP contribution in [0.15, 0.2) is 58.1 Å². The van der Waals surface area contributed by atoms with Gasteiger partial charge in [0.1, 0.15) is 5.82 Å². The Morgan fingerprint density at radius 1 is 1.16 bits per heavy atom. The molecule has 8 heteroatoms. The average Bonchev–Trinajstić information content (AvgIpc) is 2.92. The molecule has 0 aliphatic heterocycles. The Balaban J connectivity index is 1.98. The molecule has 0 atom stereocenters. The highest BCUT2D eigenvalue weighted by Gasteiger charge is 2.15. The SMILES string of the molecule is Nc1cncc(-n2c(=O)oc3cnc(-c4cc(Cl)ccc4F)cc32)c1. The van der Waals surface area contributed by atoms with Crippen molar-refractivity contribution in [3.63, 3.8) is 0 Å². The van der Waals surface area contributed by atoms with Crippen molar-refractivity contribution >= 4 is 28.4 Å². The number of oxazole rings is 1. The lowest BCUT2D eigenvalue weighted by Gasteiger charge is -2.05. The molecule has 0 aliphatic rings. The van der Waals surface area contributed by atoms with Gasteiger partial charge in [0.2, 0.25) is 0 Å². The number of aromatic nitrogens is 3. The van der Waals surface area contributed by atoms with E-state index in [9.17, 15) is 9.18 Å². The van der Waals surface area contributed by atoms with Crippen LogP contribution in [0.1, 0.15) is 0 Å². The van der Waals surface area contributed by atoms with Crippen molar-refractivity contribution in [2.45, 2.75) is 0 Å². The van der Waals surface area contributed by atoms with Crippen LogP contribution in [0.5, 0.6) is 0 Å². The summed E-state index contributed by atoms with van der Waals surface area (Å²) in [6, 6.07) is 7.32. The van der Waals surface area contributed by atoms with Crippen LogP contribution in [0.3, 0.4) is 0 Å². The van der Waals surface area contributed by atoms with Gasteiger partial charge in [-0.25, -0.2) is 13.8 Å². The third-order valence-electron chi connectivity index (χ3n) is 3.68. The molecule has 0 bridgehead atoms. The summed E-state index contributed by atoms with van der Waals surface area (Å²) < 4.78 is 20.6. The lowest BCUT2D eigenvalue weighted by molar-refractivity contribution is 0.539. The van der Waals surface area contributed by atoms with Gasteiger partial charge in [-0.15, -0.1) is 0 Å². The summed E-state index contributed by atoms with van der Waals surface area (Å²) in [5.41, 5.74) is 7.79. The molecule has 25 heavy (non-hydrogen) atoms. The van der Waals surface area contributed by atoms with Gasteiger partial charge in [0.25, 0.3) is 0 Å². The molecule has 0 aliphatic carbocycles. The van der Waals surface area contributed by atoms with Crippen molar-refractivity contribution < 1.29 is 8.81 Å². The van der Waals surface area contributed by atoms with E-state index in [0.717, 1.165) is 0 Å². The van der Waals surface area contributed by atoms with Crippen LogP contribution >= 0.6 is 11.6 Å². The van der Waals surface area contributed by atoms with Crippen molar-refractivity contribution in [1.29, 1.82) is 0 Å². The maximum Gasteiger partial charge on any atom is 0.424 e. The van der Waals surface area contributed by atoms with Crippen LogP contribution in [-0.4, -0.2) is 14.5 Å². The van der Waals surface area contributed by atoms with Crippen molar-refractivity contribution in [3.05, 3.63) is 70.3 Å². The predicted octanol–water partition coefficient (Wildman–Crippen LogP) is 3.42. The van der Waals surface area contributed by atoms with E-state index in [1.165, 1.54) is 41.4 Å². The molecule has 3 aromatic heterocycles. The van der Waals surface area contributed by atoms with E-state index < -0.39 is 11.6 Å². The molecule has 3 heterocycles. The molecule has 0 spiro atoms. The minimum absolute atomic E-state index is 0.222. The summed E-state index contributed by atoms with van der Waals surface area (Å²) >= 11 is 5.94. The summed E-state index contributed by atoms with van der Waals surface area (Å²) in [4.78, 5) is 20.4. The van der Waals surface area contributed by atoms with Gasteiger partial charge in [-0.1, -0.05) is 11.6 Å². The molecule has 0 unspecified atom stereocenters. The quantitative estimate of drug-likeness (QED) is 0.594. The molecule has 0 radical (unpaired) electrons. The molecular formula is C17H10ClFN4O2. The highest BCUT2D eigenvalue weighted by molar-refractivity contribution is 6.30. The molecule has 1 aromatic carbocycles. The van der Waals surface area contributed by atoms with Gasteiger partial charge in [-0.2, -0.15) is 0 Å². The second-order valence-corrected chi connectivity index (χ2v) is 5.78. The maximum absolute atomic E-state index is 14.1. The van der Waals surface area contributed by atoms with Crippen LogP contribution in [-0.2, 0) is 0 Å². The van der Waals surface area contributed by atoms with E-state index in [1.54, 1.807) is 12.1 Å². The van der Waals surface area contributed by atoms with Gasteiger partial charge >= 0.3 is 5.76 Å². The number of benzene rings is 1. The van der Waals surface area contributed by atoms with E-state index >= 15 is 0 Å². The van der Waals surface area contributed by atoms with Crippen LogP contribution < -0.4 is 11.5 Å². The molecule has 124 valence electrons. The molecule has 0 fully saturated rings. The largest absolute Gasteiger partial charge is 0.424 e. The number of fused-ring (bicyclic) bond motifs is 1. The van der Waals surface area contributed by atoms with Crippen LogP contribution in [0.2, 0.25) is 5.02 Å². The first-order valence-electron chi connectivity index (χ1n) is 7.21. The zero-order chi connectivity index (χ0) is 17.6. The highest BCUT2D eigenvalue weighted by Crippen LogP contribution is 2.27. The number of nitrogens with two attached hydrogens (primary N) is 1. The second kappa shape index (κ2) is 5.71. The van der Waals surface area contributed by atoms with E-state index in [-0.39, 0.29) is 11.1 Å². The normalized spacial score (nSPS) is 11.1. The summed E-state index contributed by atoms with van der Waals surface area (Å²) in [7, 11) is 0. The fourth-order valence-corrected chi connectivity index (χ4v) is 2.75. The molecule has 0 amide bonds. The molecule has 4 rings (SSSR count). The number of rotatable bonds is 2. The fraction of sp³-hybridized carbons (Fsp3) is 0. The van der Waals surface area contributed by atoms with Crippen molar-refractivity contribution in [2.24, 2.45) is 0 Å². The first-order valence-corrected chi connectivity index (χ1v) is 7.58. The summed E-state index contributed by atoms with van der Waals surface area (Å²) in [6.45, 7) is 0. The number of hydrogen-bond donors (Lipinski definition) is 1. The monoisotopic (exact) mass is 356 g/mol.